The summed E-state index contributed by atoms with van der Waals surface area (Å²) in [6.45, 7) is 3.13. The van der Waals surface area contributed by atoms with Crippen LogP contribution < -0.4 is 5.73 Å². The molecule has 0 unspecified atom stereocenters. The van der Waals surface area contributed by atoms with Gasteiger partial charge in [-0.15, -0.1) is 0 Å². The summed E-state index contributed by atoms with van der Waals surface area (Å²) in [6.07, 6.45) is 3.43. The summed E-state index contributed by atoms with van der Waals surface area (Å²) >= 11 is 0. The highest BCUT2D eigenvalue weighted by Gasteiger charge is 2.22. The van der Waals surface area contributed by atoms with Gasteiger partial charge in [0.05, 0.1) is 0 Å². The molecule has 1 fully saturated rings. The van der Waals surface area contributed by atoms with Gasteiger partial charge >= 0.3 is 0 Å². The third kappa shape index (κ3) is 1.93. The lowest BCUT2D eigenvalue weighted by molar-refractivity contribution is -0.132. The van der Waals surface area contributed by atoms with Gasteiger partial charge in [-0.2, -0.15) is 0 Å². The first-order valence-corrected chi connectivity index (χ1v) is 4.23. The van der Waals surface area contributed by atoms with Crippen molar-refractivity contribution in [2.45, 2.75) is 32.2 Å². The molecule has 0 aromatic heterocycles. The van der Waals surface area contributed by atoms with Crippen LogP contribution in [0.25, 0.3) is 0 Å². The summed E-state index contributed by atoms with van der Waals surface area (Å²) in [4.78, 5) is 12.9. The number of nitrogens with two attached hydrogens (primary N) is 1. The molecule has 64 valence electrons. The first-order valence-electron chi connectivity index (χ1n) is 4.23. The molecule has 0 aromatic carbocycles. The number of hydrogen-bond donors (Lipinski definition) is 1. The minimum atomic E-state index is 0.167. The minimum Gasteiger partial charge on any atom is -0.339 e. The Bertz CT molecular complexity index is 147. The molecule has 0 aliphatic carbocycles. The number of carbonyl (C=O) groups is 1. The summed E-state index contributed by atoms with van der Waals surface area (Å²) in [5, 5.41) is 0. The van der Waals surface area contributed by atoms with Gasteiger partial charge in [0, 0.05) is 26.1 Å². The smallest absolute Gasteiger partial charge is 0.219 e. The third-order valence-corrected chi connectivity index (χ3v) is 2.30. The number of hydrogen-bond acceptors (Lipinski definition) is 2. The lowest BCUT2D eigenvalue weighted by Crippen LogP contribution is -2.46. The van der Waals surface area contributed by atoms with E-state index in [0.29, 0.717) is 12.6 Å². The average molecular weight is 156 g/mol. The van der Waals surface area contributed by atoms with E-state index in [4.69, 9.17) is 5.73 Å². The molecular weight excluding hydrogens is 140 g/mol. The van der Waals surface area contributed by atoms with Gasteiger partial charge in [-0.1, -0.05) is 0 Å². The highest BCUT2D eigenvalue weighted by atomic mass is 16.2. The lowest BCUT2D eigenvalue weighted by atomic mass is 10.0. The van der Waals surface area contributed by atoms with E-state index >= 15 is 0 Å². The second-order valence-corrected chi connectivity index (χ2v) is 3.10. The van der Waals surface area contributed by atoms with E-state index in [1.807, 2.05) is 4.90 Å². The van der Waals surface area contributed by atoms with Crippen LogP contribution in [0.2, 0.25) is 0 Å². The zero-order valence-corrected chi connectivity index (χ0v) is 7.05. The molecule has 1 atom stereocenters. The standard InChI is InChI=1S/C8H16N2O/c1-7(11)10-5-3-2-4-8(10)6-9/h8H,2-6,9H2,1H3/t8-/m1/s1. The summed E-state index contributed by atoms with van der Waals surface area (Å²) in [5.74, 6) is 0.167. The van der Waals surface area contributed by atoms with E-state index in [1.165, 1.54) is 6.42 Å². The Kier molecular flexibility index (Phi) is 2.88. The Morgan fingerprint density at radius 3 is 2.82 bits per heavy atom. The molecule has 11 heavy (non-hydrogen) atoms. The fourth-order valence-corrected chi connectivity index (χ4v) is 1.66. The second kappa shape index (κ2) is 3.72. The van der Waals surface area contributed by atoms with Crippen LogP contribution in [0, 0.1) is 0 Å². The number of carbonyl (C=O) groups excluding carboxylic acids is 1. The maximum atomic E-state index is 11.0. The average Bonchev–Trinajstić information content (AvgIpc) is 2.04. The van der Waals surface area contributed by atoms with Gasteiger partial charge in [-0.05, 0) is 19.3 Å². The lowest BCUT2D eigenvalue weighted by Gasteiger charge is -2.34. The molecular formula is C8H16N2O. The molecule has 3 heteroatoms. The van der Waals surface area contributed by atoms with Gasteiger partial charge in [0.1, 0.15) is 0 Å². The summed E-state index contributed by atoms with van der Waals surface area (Å²) in [5.41, 5.74) is 5.54. The Morgan fingerprint density at radius 2 is 2.36 bits per heavy atom. The third-order valence-electron chi connectivity index (χ3n) is 2.30. The highest BCUT2D eigenvalue weighted by Crippen LogP contribution is 2.15. The predicted octanol–water partition coefficient (Wildman–Crippen LogP) is 0.346. The molecule has 1 heterocycles. The largest absolute Gasteiger partial charge is 0.339 e. The van der Waals surface area contributed by atoms with Crippen molar-refractivity contribution in [3.63, 3.8) is 0 Å². The van der Waals surface area contributed by atoms with Crippen molar-refractivity contribution in [2.75, 3.05) is 13.1 Å². The van der Waals surface area contributed by atoms with Gasteiger partial charge in [-0.25, -0.2) is 0 Å². The Labute approximate surface area is 67.5 Å². The zero-order valence-electron chi connectivity index (χ0n) is 7.05. The number of rotatable bonds is 1. The second-order valence-electron chi connectivity index (χ2n) is 3.10. The first-order chi connectivity index (χ1) is 5.25. The maximum Gasteiger partial charge on any atom is 0.219 e. The van der Waals surface area contributed by atoms with Gasteiger partial charge in [0.2, 0.25) is 5.91 Å². The topological polar surface area (TPSA) is 46.3 Å². The van der Waals surface area contributed by atoms with Crippen molar-refractivity contribution in [3.8, 4) is 0 Å². The Hall–Kier alpha value is -0.570. The van der Waals surface area contributed by atoms with E-state index in [0.717, 1.165) is 19.4 Å². The predicted molar refractivity (Wildman–Crippen MR) is 44.1 cm³/mol. The van der Waals surface area contributed by atoms with Crippen molar-refractivity contribution in [3.05, 3.63) is 0 Å². The van der Waals surface area contributed by atoms with Gasteiger partial charge in [0.15, 0.2) is 0 Å². The molecule has 0 aromatic rings. The van der Waals surface area contributed by atoms with Crippen LogP contribution in [0.4, 0.5) is 0 Å². The van der Waals surface area contributed by atoms with Crippen molar-refractivity contribution in [1.29, 1.82) is 0 Å². The highest BCUT2D eigenvalue weighted by molar-refractivity contribution is 5.73. The van der Waals surface area contributed by atoms with Crippen molar-refractivity contribution >= 4 is 5.91 Å². The van der Waals surface area contributed by atoms with E-state index < -0.39 is 0 Å². The van der Waals surface area contributed by atoms with Gasteiger partial charge < -0.3 is 10.6 Å². The van der Waals surface area contributed by atoms with E-state index in [-0.39, 0.29) is 5.91 Å². The molecule has 0 spiro atoms. The van der Waals surface area contributed by atoms with E-state index in [9.17, 15) is 4.79 Å². The van der Waals surface area contributed by atoms with Crippen molar-refractivity contribution in [1.82, 2.24) is 4.90 Å². The monoisotopic (exact) mass is 156 g/mol. The van der Waals surface area contributed by atoms with Crippen LogP contribution in [-0.2, 0) is 4.79 Å². The number of piperidine rings is 1. The van der Waals surface area contributed by atoms with Crippen LogP contribution in [0.3, 0.4) is 0 Å². The van der Waals surface area contributed by atoms with E-state index in [2.05, 4.69) is 0 Å². The Morgan fingerprint density at radius 1 is 1.64 bits per heavy atom. The summed E-state index contributed by atoms with van der Waals surface area (Å²) in [6, 6.07) is 0.307. The minimum absolute atomic E-state index is 0.167. The van der Waals surface area contributed by atoms with Crippen LogP contribution in [0.1, 0.15) is 26.2 Å². The van der Waals surface area contributed by atoms with Gasteiger partial charge in [0.25, 0.3) is 0 Å². The number of nitrogens with zero attached hydrogens (tertiary/aromatic N) is 1. The quantitative estimate of drug-likeness (QED) is 0.595. The van der Waals surface area contributed by atoms with Crippen LogP contribution >= 0.6 is 0 Å². The van der Waals surface area contributed by atoms with Crippen LogP contribution in [0.15, 0.2) is 0 Å². The molecule has 0 radical (unpaired) electrons. The molecule has 1 aliphatic rings. The number of amides is 1. The fraction of sp³-hybridized carbons (Fsp3) is 0.875. The van der Waals surface area contributed by atoms with Crippen LogP contribution in [0.5, 0.6) is 0 Å². The van der Waals surface area contributed by atoms with Crippen molar-refractivity contribution < 1.29 is 4.79 Å². The van der Waals surface area contributed by atoms with Crippen LogP contribution in [-0.4, -0.2) is 29.9 Å². The molecule has 1 amide bonds. The molecule has 3 nitrogen and oxygen atoms in total. The first kappa shape index (κ1) is 8.53. The molecule has 1 saturated heterocycles. The molecule has 0 saturated carbocycles. The summed E-state index contributed by atoms with van der Waals surface area (Å²) < 4.78 is 0. The molecule has 1 rings (SSSR count). The Balaban J connectivity index is 2.51. The molecule has 2 N–H and O–H groups in total. The maximum absolute atomic E-state index is 11.0. The van der Waals surface area contributed by atoms with Crippen molar-refractivity contribution in [2.24, 2.45) is 5.73 Å². The fourth-order valence-electron chi connectivity index (χ4n) is 1.66. The van der Waals surface area contributed by atoms with Gasteiger partial charge in [-0.3, -0.25) is 4.79 Å². The normalized spacial score (nSPS) is 25.3. The zero-order chi connectivity index (χ0) is 8.27. The number of likely N-dealkylation sites (tertiary alicyclic amines) is 1. The van der Waals surface area contributed by atoms with E-state index in [1.54, 1.807) is 6.92 Å². The summed E-state index contributed by atoms with van der Waals surface area (Å²) in [7, 11) is 0. The SMILES string of the molecule is CC(=O)N1CCCC[C@@H]1CN. The molecule has 0 bridgehead atoms. The molecule has 1 aliphatic heterocycles.